The van der Waals surface area contributed by atoms with Gasteiger partial charge in [0.15, 0.2) is 12.1 Å². The highest BCUT2D eigenvalue weighted by Crippen LogP contribution is 2.40. The molecule has 0 saturated carbocycles. The van der Waals surface area contributed by atoms with Gasteiger partial charge in [-0.25, -0.2) is 0 Å². The number of aliphatic hydroxyl groups excluding tert-OH is 3. The van der Waals surface area contributed by atoms with Crippen molar-refractivity contribution < 1.29 is 58.1 Å². The molecule has 13 heteroatoms. The Bertz CT molecular complexity index is 884. The summed E-state index contributed by atoms with van der Waals surface area (Å²) in [7, 11) is 0. The third-order valence-corrected chi connectivity index (χ3v) is 7.75. The number of hydrogen-bond donors (Lipinski definition) is 3. The molecule has 0 radical (unpaired) electrons. The molecule has 0 bridgehead atoms. The Morgan fingerprint density at radius 1 is 0.800 bits per heavy atom. The number of ether oxygens (including phenoxy) is 7. The van der Waals surface area contributed by atoms with Crippen LogP contribution in [0.5, 0.6) is 0 Å². The highest BCUT2D eigenvalue weighted by Gasteiger charge is 2.57. The van der Waals surface area contributed by atoms with Crippen molar-refractivity contribution >= 4 is 23.7 Å². The van der Waals surface area contributed by atoms with E-state index in [1.807, 2.05) is 6.92 Å². The number of esters is 2. The van der Waals surface area contributed by atoms with Crippen LogP contribution in [0.15, 0.2) is 0 Å². The number of fused-ring (bicyclic) bond motifs is 1. The predicted molar refractivity (Wildman–Crippen MR) is 143 cm³/mol. The van der Waals surface area contributed by atoms with Crippen LogP contribution >= 0.6 is 11.8 Å². The van der Waals surface area contributed by atoms with Gasteiger partial charge < -0.3 is 48.5 Å². The molecule has 0 amide bonds. The van der Waals surface area contributed by atoms with Gasteiger partial charge in [-0.05, 0) is 61.1 Å². The van der Waals surface area contributed by atoms with E-state index in [1.54, 1.807) is 55.4 Å². The van der Waals surface area contributed by atoms with E-state index < -0.39 is 89.1 Å². The standard InChI is InChI=1S/C27H46O12S/c1-10-40-22-16(29)15(28)18(13(36-22)11-33-23(31)25(2,3)4)37-21-17(30)20-19(38-27(8,9)39-20)14(35-21)12-34-24(32)26(5,6)7/h13-22,28-30H,10-12H2,1-9H3. The molecule has 3 N–H and O–H groups in total. The molecular formula is C27H46O12S. The van der Waals surface area contributed by atoms with E-state index >= 15 is 0 Å². The molecule has 12 nitrogen and oxygen atoms in total. The molecule has 0 spiro atoms. The van der Waals surface area contributed by atoms with Gasteiger partial charge >= 0.3 is 11.9 Å². The van der Waals surface area contributed by atoms with Gasteiger partial charge in [0.25, 0.3) is 0 Å². The summed E-state index contributed by atoms with van der Waals surface area (Å²) in [5.41, 5.74) is -2.32. The predicted octanol–water partition coefficient (Wildman–Crippen LogP) is 1.36. The van der Waals surface area contributed by atoms with E-state index in [1.165, 1.54) is 11.8 Å². The first kappa shape index (κ1) is 33.5. The van der Waals surface area contributed by atoms with Crippen LogP contribution in [0.3, 0.4) is 0 Å². The van der Waals surface area contributed by atoms with Crippen molar-refractivity contribution in [3.63, 3.8) is 0 Å². The van der Waals surface area contributed by atoms with Crippen LogP contribution in [0.2, 0.25) is 0 Å². The van der Waals surface area contributed by atoms with Crippen LogP contribution in [-0.2, 0) is 42.7 Å². The molecule has 0 aromatic heterocycles. The topological polar surface area (TPSA) is 159 Å². The Morgan fingerprint density at radius 3 is 1.85 bits per heavy atom. The number of carbonyl (C=O) groups excluding carboxylic acids is 2. The van der Waals surface area contributed by atoms with Crippen LogP contribution in [0.4, 0.5) is 0 Å². The Morgan fingerprint density at radius 2 is 1.32 bits per heavy atom. The number of rotatable bonds is 8. The molecular weight excluding hydrogens is 548 g/mol. The first-order valence-corrected chi connectivity index (χ1v) is 14.7. The Kier molecular flexibility index (Phi) is 10.6. The fourth-order valence-electron chi connectivity index (χ4n) is 4.51. The maximum atomic E-state index is 12.5. The molecule has 0 aromatic carbocycles. The minimum Gasteiger partial charge on any atom is -0.462 e. The average molecular weight is 595 g/mol. The maximum Gasteiger partial charge on any atom is 0.311 e. The van der Waals surface area contributed by atoms with Crippen LogP contribution in [0.25, 0.3) is 0 Å². The van der Waals surface area contributed by atoms with Crippen molar-refractivity contribution in [3.05, 3.63) is 0 Å². The molecule has 3 saturated heterocycles. The molecule has 10 atom stereocenters. The summed E-state index contributed by atoms with van der Waals surface area (Å²) in [6.45, 7) is 15.1. The van der Waals surface area contributed by atoms with E-state index in [0.29, 0.717) is 5.75 Å². The molecule has 0 aliphatic carbocycles. The average Bonchev–Trinajstić information content (AvgIpc) is 3.17. The lowest BCUT2D eigenvalue weighted by molar-refractivity contribution is -0.328. The second-order valence-corrected chi connectivity index (χ2v) is 14.3. The van der Waals surface area contributed by atoms with E-state index in [2.05, 4.69) is 0 Å². The molecule has 232 valence electrons. The van der Waals surface area contributed by atoms with Gasteiger partial charge in [-0.3, -0.25) is 9.59 Å². The van der Waals surface area contributed by atoms with Gasteiger partial charge in [0.2, 0.25) is 0 Å². The van der Waals surface area contributed by atoms with Crippen LogP contribution < -0.4 is 0 Å². The van der Waals surface area contributed by atoms with Gasteiger partial charge in [0, 0.05) is 0 Å². The monoisotopic (exact) mass is 594 g/mol. The SMILES string of the molecule is CCSC1OC(COC(=O)C(C)(C)C)C(OC2OC(COC(=O)C(C)(C)C)C3OC(C)(C)OC3C2O)C(O)C1O. The lowest BCUT2D eigenvalue weighted by Crippen LogP contribution is -2.64. The summed E-state index contributed by atoms with van der Waals surface area (Å²) in [5, 5.41) is 33.0. The fraction of sp³-hybridized carbons (Fsp3) is 0.926. The Hall–Kier alpha value is -1.03. The van der Waals surface area contributed by atoms with Gasteiger partial charge in [-0.2, -0.15) is 0 Å². The highest BCUT2D eigenvalue weighted by atomic mass is 32.2. The Balaban J connectivity index is 1.82. The van der Waals surface area contributed by atoms with E-state index in [0.717, 1.165) is 0 Å². The highest BCUT2D eigenvalue weighted by molar-refractivity contribution is 7.99. The smallest absolute Gasteiger partial charge is 0.311 e. The molecule has 3 heterocycles. The van der Waals surface area contributed by atoms with Crippen molar-refractivity contribution in [3.8, 4) is 0 Å². The van der Waals surface area contributed by atoms with Crippen molar-refractivity contribution in [1.82, 2.24) is 0 Å². The normalized spacial score (nSPS) is 38.0. The minimum atomic E-state index is -1.46. The summed E-state index contributed by atoms with van der Waals surface area (Å²) in [6, 6.07) is 0. The first-order valence-electron chi connectivity index (χ1n) is 13.7. The second kappa shape index (κ2) is 12.7. The number of hydrogen-bond acceptors (Lipinski definition) is 13. The summed E-state index contributed by atoms with van der Waals surface area (Å²) in [6.07, 6.45) is -10.3. The number of aliphatic hydroxyl groups is 3. The fourth-order valence-corrected chi connectivity index (χ4v) is 5.42. The zero-order valence-corrected chi connectivity index (χ0v) is 25.6. The Labute approximate surface area is 240 Å². The number of thioether (sulfide) groups is 1. The van der Waals surface area contributed by atoms with Crippen LogP contribution in [-0.4, -0.2) is 113 Å². The summed E-state index contributed by atoms with van der Waals surface area (Å²) in [4.78, 5) is 24.9. The summed E-state index contributed by atoms with van der Waals surface area (Å²) < 4.78 is 41.0. The van der Waals surface area contributed by atoms with Crippen molar-refractivity contribution in [1.29, 1.82) is 0 Å². The summed E-state index contributed by atoms with van der Waals surface area (Å²) in [5.74, 6) is -1.39. The number of carbonyl (C=O) groups is 2. The van der Waals surface area contributed by atoms with Gasteiger partial charge in [0.05, 0.1) is 10.8 Å². The molecule has 3 rings (SSSR count). The third kappa shape index (κ3) is 7.87. The lowest BCUT2D eigenvalue weighted by Gasteiger charge is -2.46. The quantitative estimate of drug-likeness (QED) is 0.346. The van der Waals surface area contributed by atoms with Crippen molar-refractivity contribution in [2.24, 2.45) is 10.8 Å². The lowest BCUT2D eigenvalue weighted by atomic mass is 9.96. The van der Waals surface area contributed by atoms with E-state index in [-0.39, 0.29) is 13.2 Å². The third-order valence-electron chi connectivity index (χ3n) is 6.70. The van der Waals surface area contributed by atoms with Crippen molar-refractivity contribution in [2.75, 3.05) is 19.0 Å². The largest absolute Gasteiger partial charge is 0.462 e. The molecule has 0 aromatic rings. The van der Waals surface area contributed by atoms with Gasteiger partial charge in [0.1, 0.15) is 67.5 Å². The molecule has 3 fully saturated rings. The second-order valence-electron chi connectivity index (χ2n) is 12.9. The molecule has 40 heavy (non-hydrogen) atoms. The maximum absolute atomic E-state index is 12.5. The molecule has 10 unspecified atom stereocenters. The van der Waals surface area contributed by atoms with Gasteiger partial charge in [-0.1, -0.05) is 6.92 Å². The van der Waals surface area contributed by atoms with Crippen molar-refractivity contribution in [2.45, 2.75) is 129 Å². The first-order chi connectivity index (χ1) is 18.4. The zero-order chi connectivity index (χ0) is 30.2. The zero-order valence-electron chi connectivity index (χ0n) is 24.8. The van der Waals surface area contributed by atoms with Gasteiger partial charge in [-0.15, -0.1) is 11.8 Å². The summed E-state index contributed by atoms with van der Waals surface area (Å²) >= 11 is 1.29. The van der Waals surface area contributed by atoms with E-state index in [9.17, 15) is 24.9 Å². The van der Waals surface area contributed by atoms with Crippen LogP contribution in [0, 0.1) is 10.8 Å². The van der Waals surface area contributed by atoms with Crippen LogP contribution in [0.1, 0.15) is 62.3 Å². The minimum absolute atomic E-state index is 0.197. The molecule has 3 aliphatic rings. The molecule has 3 aliphatic heterocycles. The van der Waals surface area contributed by atoms with E-state index in [4.69, 9.17) is 33.2 Å².